The van der Waals surface area contributed by atoms with E-state index in [1.54, 1.807) is 4.90 Å². The van der Waals surface area contributed by atoms with Crippen molar-refractivity contribution in [1.82, 2.24) is 4.90 Å². The highest BCUT2D eigenvalue weighted by molar-refractivity contribution is 5.76. The van der Waals surface area contributed by atoms with E-state index in [-0.39, 0.29) is 11.3 Å². The highest BCUT2D eigenvalue weighted by Crippen LogP contribution is 2.30. The Hall–Kier alpha value is -1.49. The summed E-state index contributed by atoms with van der Waals surface area (Å²) in [6.45, 7) is 5.29. The molecule has 116 valence electrons. The van der Waals surface area contributed by atoms with Crippen molar-refractivity contribution in [2.75, 3.05) is 13.1 Å². The van der Waals surface area contributed by atoms with Crippen LogP contribution in [0, 0.1) is 17.0 Å². The van der Waals surface area contributed by atoms with Crippen LogP contribution in [-0.4, -0.2) is 23.9 Å². The third-order valence-corrected chi connectivity index (χ3v) is 4.22. The average Bonchev–Trinajstić information content (AvgIpc) is 2.55. The fourth-order valence-corrected chi connectivity index (χ4v) is 2.57. The van der Waals surface area contributed by atoms with Crippen LogP contribution in [0.25, 0.3) is 0 Å². The Morgan fingerprint density at radius 2 is 2.00 bits per heavy atom. The van der Waals surface area contributed by atoms with Crippen LogP contribution in [0.5, 0.6) is 0 Å². The van der Waals surface area contributed by atoms with Crippen molar-refractivity contribution >= 4 is 5.91 Å². The number of nitrogens with two attached hydrogens (primary N) is 1. The minimum absolute atomic E-state index is 0.0820. The molecule has 1 heterocycles. The number of benzene rings is 1. The lowest BCUT2D eigenvalue weighted by atomic mass is 9.85. The summed E-state index contributed by atoms with van der Waals surface area (Å²) in [6, 6.07) is 3.13. The number of hydrogen-bond donors (Lipinski definition) is 1. The molecule has 5 heteroatoms. The van der Waals surface area contributed by atoms with Crippen LogP contribution in [-0.2, 0) is 4.79 Å². The van der Waals surface area contributed by atoms with Gasteiger partial charge < -0.3 is 10.6 Å². The second kappa shape index (κ2) is 6.10. The minimum Gasteiger partial charge on any atom is -0.341 e. The van der Waals surface area contributed by atoms with Crippen molar-refractivity contribution in [3.63, 3.8) is 0 Å². The molecule has 1 atom stereocenters. The van der Waals surface area contributed by atoms with E-state index in [0.717, 1.165) is 25.0 Å². The molecule has 0 bridgehead atoms. The van der Waals surface area contributed by atoms with Crippen LogP contribution in [0.4, 0.5) is 8.78 Å². The zero-order valence-corrected chi connectivity index (χ0v) is 12.5. The molecule has 2 N–H and O–H groups in total. The van der Waals surface area contributed by atoms with Crippen molar-refractivity contribution in [3.05, 3.63) is 35.4 Å². The van der Waals surface area contributed by atoms with Crippen LogP contribution in [0.15, 0.2) is 18.2 Å². The summed E-state index contributed by atoms with van der Waals surface area (Å²) in [5, 5.41) is 0. The number of amides is 1. The van der Waals surface area contributed by atoms with E-state index in [9.17, 15) is 13.6 Å². The maximum atomic E-state index is 13.3. The molecular formula is C16H22F2N2O. The van der Waals surface area contributed by atoms with Gasteiger partial charge in [-0.1, -0.05) is 19.9 Å². The lowest BCUT2D eigenvalue weighted by molar-refractivity contribution is -0.131. The molecular weight excluding hydrogens is 274 g/mol. The summed E-state index contributed by atoms with van der Waals surface area (Å²) < 4.78 is 26.2. The van der Waals surface area contributed by atoms with Crippen LogP contribution >= 0.6 is 0 Å². The zero-order chi connectivity index (χ0) is 15.6. The van der Waals surface area contributed by atoms with Crippen molar-refractivity contribution in [2.24, 2.45) is 11.1 Å². The number of rotatable bonds is 3. The first-order chi connectivity index (χ1) is 9.78. The van der Waals surface area contributed by atoms with Gasteiger partial charge in [0.1, 0.15) is 0 Å². The molecule has 1 aliphatic heterocycles. The Kier molecular flexibility index (Phi) is 4.61. The highest BCUT2D eigenvalue weighted by Gasteiger charge is 2.28. The van der Waals surface area contributed by atoms with E-state index in [4.69, 9.17) is 5.73 Å². The predicted octanol–water partition coefficient (Wildman–Crippen LogP) is 3.00. The van der Waals surface area contributed by atoms with Gasteiger partial charge in [-0.3, -0.25) is 4.79 Å². The third kappa shape index (κ3) is 4.00. The molecule has 1 aromatic carbocycles. The van der Waals surface area contributed by atoms with E-state index in [0.29, 0.717) is 25.1 Å². The van der Waals surface area contributed by atoms with Crippen LogP contribution in [0.3, 0.4) is 0 Å². The molecule has 21 heavy (non-hydrogen) atoms. The first kappa shape index (κ1) is 15.9. The Balaban J connectivity index is 2.05. The zero-order valence-electron chi connectivity index (χ0n) is 12.5. The van der Waals surface area contributed by atoms with Crippen LogP contribution in [0.2, 0.25) is 0 Å². The van der Waals surface area contributed by atoms with Crippen LogP contribution in [0.1, 0.15) is 44.7 Å². The smallest absolute Gasteiger partial charge is 0.222 e. The monoisotopic (exact) mass is 296 g/mol. The van der Waals surface area contributed by atoms with Crippen molar-refractivity contribution < 1.29 is 13.6 Å². The van der Waals surface area contributed by atoms with E-state index >= 15 is 0 Å². The molecule has 1 fully saturated rings. The fraction of sp³-hybridized carbons (Fsp3) is 0.562. The normalized spacial score (nSPS) is 20.2. The van der Waals surface area contributed by atoms with Gasteiger partial charge in [-0.25, -0.2) is 8.78 Å². The molecule has 2 rings (SSSR count). The molecule has 0 aromatic heterocycles. The van der Waals surface area contributed by atoms with E-state index in [1.807, 2.05) is 0 Å². The summed E-state index contributed by atoms with van der Waals surface area (Å²) in [6.07, 6.45) is 2.30. The van der Waals surface area contributed by atoms with Gasteiger partial charge in [-0.15, -0.1) is 0 Å². The SMILES string of the molecule is CC1(C)CCC(=O)N(CC(N)c2ccc(F)c(F)c2)CC1. The van der Waals surface area contributed by atoms with E-state index in [2.05, 4.69) is 13.8 Å². The number of hydrogen-bond acceptors (Lipinski definition) is 2. The summed E-state index contributed by atoms with van der Waals surface area (Å²) in [4.78, 5) is 13.9. The molecule has 3 nitrogen and oxygen atoms in total. The number of carbonyl (C=O) groups is 1. The summed E-state index contributed by atoms with van der Waals surface area (Å²) in [5.74, 6) is -1.72. The van der Waals surface area contributed by atoms with Gasteiger partial charge >= 0.3 is 0 Å². The standard InChI is InChI=1S/C16H22F2N2O/c1-16(2)6-5-15(21)20(8-7-16)10-14(19)11-3-4-12(17)13(18)9-11/h3-4,9,14H,5-8,10,19H2,1-2H3. The maximum Gasteiger partial charge on any atom is 0.222 e. The van der Waals surface area contributed by atoms with Gasteiger partial charge in [0.05, 0.1) is 0 Å². The summed E-state index contributed by atoms with van der Waals surface area (Å²) in [7, 11) is 0. The topological polar surface area (TPSA) is 46.3 Å². The number of carbonyl (C=O) groups excluding carboxylic acids is 1. The number of nitrogens with zero attached hydrogens (tertiary/aromatic N) is 1. The lowest BCUT2D eigenvalue weighted by Crippen LogP contribution is -2.37. The average molecular weight is 296 g/mol. The largest absolute Gasteiger partial charge is 0.341 e. The van der Waals surface area contributed by atoms with Gasteiger partial charge in [0, 0.05) is 25.6 Å². The van der Waals surface area contributed by atoms with Gasteiger partial charge in [-0.05, 0) is 36.0 Å². The minimum atomic E-state index is -0.911. The maximum absolute atomic E-state index is 13.3. The number of halogens is 2. The number of likely N-dealkylation sites (tertiary alicyclic amines) is 1. The molecule has 1 unspecified atom stereocenters. The molecule has 1 amide bonds. The Morgan fingerprint density at radius 3 is 2.67 bits per heavy atom. The lowest BCUT2D eigenvalue weighted by Gasteiger charge is -2.26. The van der Waals surface area contributed by atoms with E-state index in [1.165, 1.54) is 6.07 Å². The fourth-order valence-electron chi connectivity index (χ4n) is 2.57. The molecule has 0 aliphatic carbocycles. The quantitative estimate of drug-likeness (QED) is 0.932. The molecule has 0 saturated carbocycles. The Morgan fingerprint density at radius 1 is 1.29 bits per heavy atom. The van der Waals surface area contributed by atoms with Crippen molar-refractivity contribution in [2.45, 2.75) is 39.2 Å². The molecule has 1 saturated heterocycles. The Labute approximate surface area is 124 Å². The highest BCUT2D eigenvalue weighted by atomic mass is 19.2. The first-order valence-corrected chi connectivity index (χ1v) is 7.27. The first-order valence-electron chi connectivity index (χ1n) is 7.27. The van der Waals surface area contributed by atoms with Crippen molar-refractivity contribution in [3.8, 4) is 0 Å². The molecule has 1 aliphatic rings. The Bertz CT molecular complexity index is 531. The second-order valence-electron chi connectivity index (χ2n) is 6.53. The van der Waals surface area contributed by atoms with Gasteiger partial charge in [0.25, 0.3) is 0 Å². The predicted molar refractivity (Wildman–Crippen MR) is 77.5 cm³/mol. The van der Waals surface area contributed by atoms with Crippen molar-refractivity contribution in [1.29, 1.82) is 0 Å². The summed E-state index contributed by atoms with van der Waals surface area (Å²) >= 11 is 0. The third-order valence-electron chi connectivity index (χ3n) is 4.22. The van der Waals surface area contributed by atoms with Gasteiger partial charge in [-0.2, -0.15) is 0 Å². The van der Waals surface area contributed by atoms with E-state index < -0.39 is 17.7 Å². The molecule has 0 radical (unpaired) electrons. The van der Waals surface area contributed by atoms with Gasteiger partial charge in [0.15, 0.2) is 11.6 Å². The van der Waals surface area contributed by atoms with Crippen LogP contribution < -0.4 is 5.73 Å². The summed E-state index contributed by atoms with van der Waals surface area (Å²) in [5.41, 5.74) is 6.70. The van der Waals surface area contributed by atoms with Gasteiger partial charge in [0.2, 0.25) is 5.91 Å². The molecule has 0 spiro atoms. The second-order valence-corrected chi connectivity index (χ2v) is 6.53. The molecule has 1 aromatic rings.